The monoisotopic (exact) mass is 525 g/mol. The van der Waals surface area contributed by atoms with E-state index in [4.69, 9.17) is 10.3 Å². The molecule has 0 aromatic heterocycles. The van der Waals surface area contributed by atoms with Gasteiger partial charge in [-0.2, -0.15) is 27.1 Å². The first-order valence-corrected chi connectivity index (χ1v) is 13.1. The molecule has 4 aromatic carbocycles. The van der Waals surface area contributed by atoms with E-state index in [-0.39, 0.29) is 22.0 Å². The Balaban J connectivity index is 1.68. The molecule has 0 aliphatic carbocycles. The average molecular weight is 526 g/mol. The molecule has 4 rings (SSSR count). The number of aryl methyl sites for hydroxylation is 1. The second kappa shape index (κ2) is 9.54. The molecule has 0 saturated heterocycles. The lowest BCUT2D eigenvalue weighted by Crippen LogP contribution is -1.98. The fourth-order valence-corrected chi connectivity index (χ4v) is 4.58. The number of nitrogens with zero attached hydrogens (tertiary/aromatic N) is 4. The topological polar surface area (TPSA) is 184 Å². The zero-order chi connectivity index (χ0) is 26.1. The molecule has 184 valence electrons. The van der Waals surface area contributed by atoms with Crippen LogP contribution in [0, 0.1) is 6.92 Å². The van der Waals surface area contributed by atoms with Crippen LogP contribution in [0.25, 0.3) is 10.8 Å². The van der Waals surface area contributed by atoms with E-state index in [1.54, 1.807) is 12.1 Å². The predicted octanol–water partition coefficient (Wildman–Crippen LogP) is 6.05. The van der Waals surface area contributed by atoms with Gasteiger partial charge in [-0.3, -0.25) is 9.11 Å². The minimum absolute atomic E-state index is 0.0778. The van der Waals surface area contributed by atoms with Gasteiger partial charge in [-0.25, -0.2) is 0 Å². The van der Waals surface area contributed by atoms with Crippen LogP contribution in [0.4, 0.5) is 28.4 Å². The Kier molecular flexibility index (Phi) is 6.65. The first-order valence-electron chi connectivity index (χ1n) is 10.2. The molecule has 0 amide bonds. The lowest BCUT2D eigenvalue weighted by molar-refractivity contribution is 0.481. The largest absolute Gasteiger partial charge is 0.398 e. The zero-order valence-corrected chi connectivity index (χ0v) is 20.3. The van der Waals surface area contributed by atoms with Gasteiger partial charge in [0, 0.05) is 16.5 Å². The minimum atomic E-state index is -4.69. The molecule has 4 aromatic rings. The van der Waals surface area contributed by atoms with Crippen molar-refractivity contribution in [2.45, 2.75) is 16.7 Å². The summed E-state index contributed by atoms with van der Waals surface area (Å²) in [6, 6.07) is 17.6. The lowest BCUT2D eigenvalue weighted by Gasteiger charge is -2.08. The quantitative estimate of drug-likeness (QED) is 0.155. The molecular formula is C23H19N5O6S2. The van der Waals surface area contributed by atoms with E-state index in [1.165, 1.54) is 24.3 Å². The highest BCUT2D eigenvalue weighted by molar-refractivity contribution is 7.86. The van der Waals surface area contributed by atoms with Crippen molar-refractivity contribution in [3.8, 4) is 0 Å². The summed E-state index contributed by atoms with van der Waals surface area (Å²) in [7, 11) is -9.04. The first kappa shape index (κ1) is 25.1. The zero-order valence-electron chi connectivity index (χ0n) is 18.6. The van der Waals surface area contributed by atoms with Gasteiger partial charge in [0.15, 0.2) is 0 Å². The molecule has 0 fully saturated rings. The maximum absolute atomic E-state index is 12.0. The van der Waals surface area contributed by atoms with E-state index in [2.05, 4.69) is 20.5 Å². The predicted molar refractivity (Wildman–Crippen MR) is 134 cm³/mol. The Morgan fingerprint density at radius 1 is 0.694 bits per heavy atom. The van der Waals surface area contributed by atoms with E-state index in [0.29, 0.717) is 11.4 Å². The second-order valence-corrected chi connectivity index (χ2v) is 10.5. The molecule has 0 saturated carbocycles. The van der Waals surface area contributed by atoms with E-state index < -0.39 is 25.1 Å². The molecule has 11 nitrogen and oxygen atoms in total. The van der Waals surface area contributed by atoms with Crippen LogP contribution in [0.2, 0.25) is 0 Å². The van der Waals surface area contributed by atoms with E-state index >= 15 is 0 Å². The van der Waals surface area contributed by atoms with Gasteiger partial charge in [-0.05, 0) is 67.1 Å². The highest BCUT2D eigenvalue weighted by atomic mass is 32.2. The molecular weight excluding hydrogens is 506 g/mol. The molecule has 0 heterocycles. The molecule has 13 heteroatoms. The van der Waals surface area contributed by atoms with Gasteiger partial charge in [-0.1, -0.05) is 18.2 Å². The van der Waals surface area contributed by atoms with Gasteiger partial charge >= 0.3 is 0 Å². The van der Waals surface area contributed by atoms with E-state index in [9.17, 15) is 21.4 Å². The third-order valence-electron chi connectivity index (χ3n) is 5.16. The molecule has 0 aliphatic rings. The van der Waals surface area contributed by atoms with Gasteiger partial charge in [0.05, 0.1) is 22.0 Å². The molecule has 4 N–H and O–H groups in total. The van der Waals surface area contributed by atoms with Crippen LogP contribution in [0.3, 0.4) is 0 Å². The van der Waals surface area contributed by atoms with Gasteiger partial charge in [0.25, 0.3) is 20.2 Å². The van der Waals surface area contributed by atoms with Crippen molar-refractivity contribution in [2.75, 3.05) is 5.73 Å². The summed E-state index contributed by atoms with van der Waals surface area (Å²) in [4.78, 5) is -0.839. The van der Waals surface area contributed by atoms with Crippen LogP contribution in [-0.2, 0) is 20.2 Å². The Hall–Kier alpha value is -4.04. The average Bonchev–Trinajstić information content (AvgIpc) is 2.82. The van der Waals surface area contributed by atoms with Crippen molar-refractivity contribution >= 4 is 59.4 Å². The Morgan fingerprint density at radius 3 is 1.97 bits per heavy atom. The highest BCUT2D eigenvalue weighted by Crippen LogP contribution is 2.35. The van der Waals surface area contributed by atoms with Crippen LogP contribution in [-0.4, -0.2) is 25.9 Å². The van der Waals surface area contributed by atoms with Crippen molar-refractivity contribution in [1.82, 2.24) is 0 Å². The number of anilines is 1. The maximum Gasteiger partial charge on any atom is 0.296 e. The summed E-state index contributed by atoms with van der Waals surface area (Å²) in [6.07, 6.45) is 0. The van der Waals surface area contributed by atoms with E-state index in [1.807, 2.05) is 25.1 Å². The summed E-state index contributed by atoms with van der Waals surface area (Å²) in [5.74, 6) is 0. The third kappa shape index (κ3) is 5.44. The maximum atomic E-state index is 12.0. The first-order chi connectivity index (χ1) is 16.9. The van der Waals surface area contributed by atoms with Crippen LogP contribution >= 0.6 is 0 Å². The van der Waals surface area contributed by atoms with Crippen molar-refractivity contribution < 1.29 is 25.9 Å². The number of nitrogens with two attached hydrogens (primary N) is 1. The number of rotatable bonds is 6. The lowest BCUT2D eigenvalue weighted by atomic mass is 10.0. The Labute approximate surface area is 206 Å². The molecule has 0 atom stereocenters. The van der Waals surface area contributed by atoms with Crippen LogP contribution in [0.5, 0.6) is 0 Å². The molecule has 0 radical (unpaired) electrons. The summed E-state index contributed by atoms with van der Waals surface area (Å²) in [5, 5.41) is 17.6. The molecule has 0 bridgehead atoms. The van der Waals surface area contributed by atoms with Crippen molar-refractivity contribution in [3.63, 3.8) is 0 Å². The third-order valence-corrected chi connectivity index (χ3v) is 6.91. The van der Waals surface area contributed by atoms with Crippen molar-refractivity contribution in [2.24, 2.45) is 20.5 Å². The minimum Gasteiger partial charge on any atom is -0.398 e. The number of hydrogen-bond donors (Lipinski definition) is 3. The smallest absolute Gasteiger partial charge is 0.296 e. The summed E-state index contributed by atoms with van der Waals surface area (Å²) in [5.41, 5.74) is 8.26. The molecule has 0 unspecified atom stereocenters. The summed E-state index contributed by atoms with van der Waals surface area (Å²) < 4.78 is 65.0. The molecule has 0 spiro atoms. The normalized spacial score (nSPS) is 12.6. The van der Waals surface area contributed by atoms with Crippen LogP contribution < -0.4 is 5.73 Å². The summed E-state index contributed by atoms with van der Waals surface area (Å²) in [6.45, 7) is 1.91. The van der Waals surface area contributed by atoms with E-state index in [0.717, 1.165) is 34.5 Å². The number of azo groups is 2. The molecule has 0 aliphatic heterocycles. The highest BCUT2D eigenvalue weighted by Gasteiger charge is 2.17. The Bertz CT molecular complexity index is 1740. The van der Waals surface area contributed by atoms with Gasteiger partial charge < -0.3 is 5.73 Å². The number of benzene rings is 4. The van der Waals surface area contributed by atoms with Crippen LogP contribution in [0.15, 0.2) is 103 Å². The number of nitrogen functional groups attached to an aromatic ring is 1. The summed E-state index contributed by atoms with van der Waals surface area (Å²) >= 11 is 0. The number of fused-ring (bicyclic) bond motifs is 1. The van der Waals surface area contributed by atoms with Crippen LogP contribution in [0.1, 0.15) is 5.56 Å². The fourth-order valence-electron chi connectivity index (χ4n) is 3.46. The fraction of sp³-hybridized carbons (Fsp3) is 0.0435. The van der Waals surface area contributed by atoms with Gasteiger partial charge in [0.1, 0.15) is 10.6 Å². The number of hydrogen-bond acceptors (Lipinski definition) is 9. The van der Waals surface area contributed by atoms with Crippen molar-refractivity contribution in [3.05, 3.63) is 78.4 Å². The SMILES string of the molecule is Cc1cccc2c(N=Nc3ccc(N=Nc4ccc(S(=O)(=O)O)cc4)cc3S(=O)(=O)O)ccc(N)c12. The van der Waals surface area contributed by atoms with Crippen molar-refractivity contribution in [1.29, 1.82) is 0 Å². The Morgan fingerprint density at radius 2 is 1.31 bits per heavy atom. The van der Waals surface area contributed by atoms with Gasteiger partial charge in [-0.15, -0.1) is 10.2 Å². The molecule has 36 heavy (non-hydrogen) atoms. The second-order valence-electron chi connectivity index (χ2n) is 7.67. The standard InChI is InChI=1S/C23H19N5O6S2/c1-14-3-2-4-18-20(12-10-19(24)23(14)18)27-28-21-11-7-16(13-22(21)36(32,33)34)26-25-15-5-8-17(9-6-15)35(29,30)31/h2-13H,24H2,1H3,(H,29,30,31)(H,32,33,34). The van der Waals surface area contributed by atoms with Gasteiger partial charge in [0.2, 0.25) is 0 Å².